The van der Waals surface area contributed by atoms with Gasteiger partial charge in [0.05, 0.1) is 12.3 Å². The Hall–Kier alpha value is -3.41. The van der Waals surface area contributed by atoms with Crippen LogP contribution in [-0.2, 0) is 4.79 Å². The van der Waals surface area contributed by atoms with E-state index in [0.717, 1.165) is 25.7 Å². The van der Waals surface area contributed by atoms with E-state index in [1.165, 1.54) is 6.20 Å². The predicted molar refractivity (Wildman–Crippen MR) is 129 cm³/mol. The first-order valence-electron chi connectivity index (χ1n) is 12.1. The molecule has 0 aliphatic heterocycles. The molecule has 0 spiro atoms. The van der Waals surface area contributed by atoms with E-state index in [-0.39, 0.29) is 30.6 Å². The lowest BCUT2D eigenvalue weighted by Gasteiger charge is -2.26. The molecule has 2 aromatic heterocycles. The highest BCUT2D eigenvalue weighted by atomic mass is 19.1. The van der Waals surface area contributed by atoms with Gasteiger partial charge in [-0.2, -0.15) is 4.98 Å². The molecule has 0 bridgehead atoms. The number of aliphatic hydroxyl groups excluding tert-OH is 1. The van der Waals surface area contributed by atoms with Crippen LogP contribution >= 0.6 is 0 Å². The Morgan fingerprint density at radius 3 is 2.64 bits per heavy atom. The first-order chi connectivity index (χ1) is 17.2. The quantitative estimate of drug-likeness (QED) is 0.323. The zero-order valence-corrected chi connectivity index (χ0v) is 20.0. The molecule has 36 heavy (non-hydrogen) atoms. The molecule has 0 unspecified atom stereocenters. The molecule has 1 fully saturated rings. The number of amides is 1. The second-order valence-electron chi connectivity index (χ2n) is 9.19. The molecule has 12 heteroatoms. The van der Waals surface area contributed by atoms with Crippen molar-refractivity contribution in [2.45, 2.75) is 76.5 Å². The number of carbonyl (C=O) groups excluding carboxylic acids is 1. The van der Waals surface area contributed by atoms with Crippen LogP contribution in [-0.4, -0.2) is 42.7 Å². The molecule has 194 valence electrons. The Kier molecular flexibility index (Phi) is 7.92. The van der Waals surface area contributed by atoms with E-state index in [1.54, 1.807) is 4.57 Å². The van der Waals surface area contributed by atoms with Gasteiger partial charge in [-0.1, -0.05) is 13.3 Å². The first kappa shape index (κ1) is 25.7. The molecule has 3 atom stereocenters. The zero-order valence-electron chi connectivity index (χ0n) is 20.0. The molecule has 1 aliphatic rings. The Bertz CT molecular complexity index is 1210. The maximum Gasteiger partial charge on any atom is 0.224 e. The van der Waals surface area contributed by atoms with Crippen molar-refractivity contribution in [2.24, 2.45) is 5.73 Å². The molecule has 1 amide bonds. The topological polar surface area (TPSA) is 131 Å². The van der Waals surface area contributed by atoms with Gasteiger partial charge in [-0.25, -0.2) is 23.1 Å². The van der Waals surface area contributed by atoms with Gasteiger partial charge >= 0.3 is 0 Å². The van der Waals surface area contributed by atoms with Gasteiger partial charge in [0.25, 0.3) is 0 Å². The van der Waals surface area contributed by atoms with Crippen LogP contribution in [0.4, 0.5) is 30.8 Å². The van der Waals surface area contributed by atoms with E-state index in [1.807, 2.05) is 6.92 Å². The van der Waals surface area contributed by atoms with Crippen molar-refractivity contribution in [1.29, 1.82) is 0 Å². The van der Waals surface area contributed by atoms with Crippen LogP contribution in [0.3, 0.4) is 0 Å². The minimum Gasteiger partial charge on any atom is -0.393 e. The molecule has 1 aromatic carbocycles. The average molecular weight is 506 g/mol. The van der Waals surface area contributed by atoms with E-state index < -0.39 is 29.0 Å². The SMILES string of the molecule is CCC[C@H](CCC(N)=O)n1c(Nc2c(F)cc(F)cc2F)nc2cnc(N[C@H]3CCC[C@@H](O)C3)nc21. The van der Waals surface area contributed by atoms with E-state index in [9.17, 15) is 23.1 Å². The Labute approximate surface area is 206 Å². The number of aliphatic hydroxyl groups is 1. The van der Waals surface area contributed by atoms with Gasteiger partial charge in [0.1, 0.15) is 17.0 Å². The van der Waals surface area contributed by atoms with Crippen molar-refractivity contribution in [2.75, 3.05) is 10.6 Å². The second kappa shape index (κ2) is 11.1. The summed E-state index contributed by atoms with van der Waals surface area (Å²) in [6.07, 6.45) is 6.02. The number of aromatic nitrogens is 4. The van der Waals surface area contributed by atoms with Crippen LogP contribution in [0, 0.1) is 17.5 Å². The smallest absolute Gasteiger partial charge is 0.224 e. The minimum absolute atomic E-state index is 0.00359. The number of anilines is 3. The Balaban J connectivity index is 1.77. The van der Waals surface area contributed by atoms with Gasteiger partial charge in [0.15, 0.2) is 17.3 Å². The van der Waals surface area contributed by atoms with E-state index in [2.05, 4.69) is 25.6 Å². The molecule has 1 aliphatic carbocycles. The van der Waals surface area contributed by atoms with Crippen LogP contribution in [0.2, 0.25) is 0 Å². The maximum absolute atomic E-state index is 14.4. The fourth-order valence-electron chi connectivity index (χ4n) is 4.69. The molecule has 0 saturated heterocycles. The largest absolute Gasteiger partial charge is 0.393 e. The lowest BCUT2D eigenvalue weighted by Crippen LogP contribution is -2.30. The van der Waals surface area contributed by atoms with Gasteiger partial charge < -0.3 is 21.5 Å². The number of nitrogens with two attached hydrogens (primary N) is 1. The number of carbonyl (C=O) groups is 1. The summed E-state index contributed by atoms with van der Waals surface area (Å²) in [4.78, 5) is 25.0. The minimum atomic E-state index is -1.11. The number of nitrogens with zero attached hydrogens (tertiary/aromatic N) is 4. The summed E-state index contributed by atoms with van der Waals surface area (Å²) in [6.45, 7) is 1.97. The monoisotopic (exact) mass is 505 g/mol. The van der Waals surface area contributed by atoms with Crippen molar-refractivity contribution >= 4 is 34.7 Å². The standard InChI is InChI=1S/C24H30F3N7O2/c1-2-4-15(7-8-20(28)36)34-22-19(12-29-23(33-22)30-14-5-3-6-16(35)11-14)31-24(34)32-21-17(26)9-13(25)10-18(21)27/h9-10,12,14-16,35H,2-8,11H2,1H3,(H2,28,36)(H,31,32)(H,29,30,33)/t14-,15+,16+/m0/s1. The van der Waals surface area contributed by atoms with Crippen LogP contribution in [0.5, 0.6) is 0 Å². The third kappa shape index (κ3) is 5.86. The van der Waals surface area contributed by atoms with Gasteiger partial charge in [0.2, 0.25) is 17.8 Å². The van der Waals surface area contributed by atoms with Gasteiger partial charge in [-0.3, -0.25) is 9.36 Å². The summed E-state index contributed by atoms with van der Waals surface area (Å²) in [6, 6.07) is 0.843. The van der Waals surface area contributed by atoms with Crippen molar-refractivity contribution in [3.8, 4) is 0 Å². The highest BCUT2D eigenvalue weighted by Crippen LogP contribution is 2.33. The van der Waals surface area contributed by atoms with Crippen LogP contribution in [0.25, 0.3) is 11.2 Å². The van der Waals surface area contributed by atoms with Crippen LogP contribution in [0.1, 0.15) is 64.3 Å². The summed E-state index contributed by atoms with van der Waals surface area (Å²) in [5.41, 5.74) is 5.60. The van der Waals surface area contributed by atoms with Gasteiger partial charge in [0, 0.05) is 30.6 Å². The summed E-state index contributed by atoms with van der Waals surface area (Å²) in [7, 11) is 0. The summed E-state index contributed by atoms with van der Waals surface area (Å²) < 4.78 is 44.0. The summed E-state index contributed by atoms with van der Waals surface area (Å²) in [5, 5.41) is 15.9. The molecule has 5 N–H and O–H groups in total. The number of imidazole rings is 1. The van der Waals surface area contributed by atoms with E-state index in [4.69, 9.17) is 5.73 Å². The summed E-state index contributed by atoms with van der Waals surface area (Å²) >= 11 is 0. The zero-order chi connectivity index (χ0) is 25.8. The number of primary amides is 1. The highest BCUT2D eigenvalue weighted by Gasteiger charge is 2.25. The molecular formula is C24H30F3N7O2. The molecule has 3 aromatic rings. The second-order valence-corrected chi connectivity index (χ2v) is 9.19. The van der Waals surface area contributed by atoms with Crippen molar-refractivity contribution in [3.05, 3.63) is 35.8 Å². The summed E-state index contributed by atoms with van der Waals surface area (Å²) in [5.74, 6) is -3.32. The first-order valence-corrected chi connectivity index (χ1v) is 12.1. The lowest BCUT2D eigenvalue weighted by atomic mass is 9.93. The Morgan fingerprint density at radius 2 is 1.97 bits per heavy atom. The molecule has 0 radical (unpaired) electrons. The highest BCUT2D eigenvalue weighted by molar-refractivity contribution is 5.77. The molecule has 9 nitrogen and oxygen atoms in total. The van der Waals surface area contributed by atoms with Crippen molar-refractivity contribution in [1.82, 2.24) is 19.5 Å². The van der Waals surface area contributed by atoms with E-state index in [0.29, 0.717) is 48.5 Å². The number of hydrogen-bond acceptors (Lipinski definition) is 7. The van der Waals surface area contributed by atoms with Gasteiger partial charge in [-0.15, -0.1) is 0 Å². The number of nitrogens with one attached hydrogen (secondary N) is 2. The molecular weight excluding hydrogens is 475 g/mol. The lowest BCUT2D eigenvalue weighted by molar-refractivity contribution is -0.118. The molecule has 2 heterocycles. The van der Waals surface area contributed by atoms with Crippen LogP contribution in [0.15, 0.2) is 18.3 Å². The number of rotatable bonds is 10. The number of benzene rings is 1. The third-order valence-corrected chi connectivity index (χ3v) is 6.37. The number of fused-ring (bicyclic) bond motifs is 1. The van der Waals surface area contributed by atoms with Gasteiger partial charge in [-0.05, 0) is 38.5 Å². The number of halogens is 3. The maximum atomic E-state index is 14.4. The molecule has 1 saturated carbocycles. The average Bonchev–Trinajstić information content (AvgIpc) is 3.16. The predicted octanol–water partition coefficient (Wildman–Crippen LogP) is 4.31. The number of hydrogen-bond donors (Lipinski definition) is 4. The van der Waals surface area contributed by atoms with Crippen molar-refractivity contribution < 1.29 is 23.1 Å². The third-order valence-electron chi connectivity index (χ3n) is 6.37. The van der Waals surface area contributed by atoms with Crippen molar-refractivity contribution in [3.63, 3.8) is 0 Å². The van der Waals surface area contributed by atoms with E-state index >= 15 is 0 Å². The fourth-order valence-corrected chi connectivity index (χ4v) is 4.69. The van der Waals surface area contributed by atoms with Crippen LogP contribution < -0.4 is 16.4 Å². The molecule has 4 rings (SSSR count). The fraction of sp³-hybridized carbons (Fsp3) is 0.500. The Morgan fingerprint density at radius 1 is 1.22 bits per heavy atom. The normalized spacial score (nSPS) is 18.8.